The van der Waals surface area contributed by atoms with Gasteiger partial charge in [-0.15, -0.1) is 0 Å². The number of aliphatic carboxylic acids is 2. The van der Waals surface area contributed by atoms with Crippen LogP contribution >= 0.6 is 0 Å². The molecule has 0 aliphatic carbocycles. The van der Waals surface area contributed by atoms with Gasteiger partial charge in [-0.25, -0.2) is 9.59 Å². The molecule has 1 aromatic carbocycles. The van der Waals surface area contributed by atoms with Crippen LogP contribution in [-0.4, -0.2) is 41.1 Å². The Morgan fingerprint density at radius 2 is 1.55 bits per heavy atom. The van der Waals surface area contributed by atoms with Gasteiger partial charge in [-0.2, -0.15) is 0 Å². The molecule has 0 aliphatic rings. The van der Waals surface area contributed by atoms with Gasteiger partial charge in [-0.05, 0) is 38.6 Å². The highest BCUT2D eigenvalue weighted by Gasteiger charge is 2.06. The second kappa shape index (κ2) is 10.3. The summed E-state index contributed by atoms with van der Waals surface area (Å²) in [4.78, 5) is 29.8. The molecule has 0 aliphatic heterocycles. The number of carbonyl (C=O) groups excluding carboxylic acids is 1. The first-order valence-corrected chi connectivity index (χ1v) is 6.53. The van der Waals surface area contributed by atoms with Crippen molar-refractivity contribution in [1.29, 1.82) is 0 Å². The van der Waals surface area contributed by atoms with Crippen LogP contribution in [0.2, 0.25) is 0 Å². The molecule has 1 aromatic rings. The van der Waals surface area contributed by atoms with Gasteiger partial charge in [-0.1, -0.05) is 12.1 Å². The summed E-state index contributed by atoms with van der Waals surface area (Å²) in [6.45, 7) is 4.63. The third kappa shape index (κ3) is 8.67. The van der Waals surface area contributed by atoms with Crippen LogP contribution < -0.4 is 16.2 Å². The van der Waals surface area contributed by atoms with Crippen molar-refractivity contribution in [2.45, 2.75) is 26.4 Å². The summed E-state index contributed by atoms with van der Waals surface area (Å²) in [5.74, 6) is -3.67. The summed E-state index contributed by atoms with van der Waals surface area (Å²) in [6, 6.07) is 7.73. The van der Waals surface area contributed by atoms with Crippen LogP contribution in [0, 0.1) is 0 Å². The van der Waals surface area contributed by atoms with Gasteiger partial charge in [0.15, 0.2) is 0 Å². The highest BCUT2D eigenvalue weighted by molar-refractivity contribution is 6.27. The van der Waals surface area contributed by atoms with Crippen molar-refractivity contribution < 1.29 is 24.6 Å². The van der Waals surface area contributed by atoms with E-state index in [-0.39, 0.29) is 11.9 Å². The smallest absolute Gasteiger partial charge is 0.414 e. The molecule has 5 N–H and O–H groups in total. The van der Waals surface area contributed by atoms with E-state index < -0.39 is 11.9 Å². The van der Waals surface area contributed by atoms with Crippen molar-refractivity contribution in [3.8, 4) is 0 Å². The van der Waals surface area contributed by atoms with E-state index in [1.807, 2.05) is 45.2 Å². The minimum atomic E-state index is -1.82. The predicted octanol–water partition coefficient (Wildman–Crippen LogP) is 0.204. The summed E-state index contributed by atoms with van der Waals surface area (Å²) in [5, 5.41) is 17.6. The number of carboxylic acids is 2. The molecule has 0 saturated carbocycles. The molecule has 0 radical (unpaired) electrons. The third-order valence-corrected chi connectivity index (χ3v) is 2.29. The van der Waals surface area contributed by atoms with Crippen LogP contribution in [0.25, 0.3) is 0 Å². The zero-order valence-electron chi connectivity index (χ0n) is 12.7. The lowest BCUT2D eigenvalue weighted by Gasteiger charge is -2.09. The zero-order valence-corrected chi connectivity index (χ0v) is 12.7. The molecular formula is C14H21N3O5. The third-order valence-electron chi connectivity index (χ3n) is 2.29. The van der Waals surface area contributed by atoms with Gasteiger partial charge >= 0.3 is 11.9 Å². The van der Waals surface area contributed by atoms with E-state index in [2.05, 4.69) is 16.2 Å². The van der Waals surface area contributed by atoms with Gasteiger partial charge in [0.1, 0.15) is 0 Å². The molecule has 122 valence electrons. The monoisotopic (exact) mass is 311 g/mol. The minimum absolute atomic E-state index is 0.0249. The summed E-state index contributed by atoms with van der Waals surface area (Å²) in [6.07, 6.45) is 0. The SMILES string of the molecule is CNNCc1ccc(C(=O)NC(C)C)cc1.O=C(O)C(=O)O. The van der Waals surface area contributed by atoms with Gasteiger partial charge in [0, 0.05) is 18.2 Å². The number of hydrogen-bond acceptors (Lipinski definition) is 5. The van der Waals surface area contributed by atoms with Crippen molar-refractivity contribution in [2.75, 3.05) is 7.05 Å². The molecule has 0 fully saturated rings. The first kappa shape index (κ1) is 19.6. The highest BCUT2D eigenvalue weighted by Crippen LogP contribution is 2.04. The summed E-state index contributed by atoms with van der Waals surface area (Å²) >= 11 is 0. The molecule has 0 saturated heterocycles. The number of rotatable bonds is 5. The molecule has 0 heterocycles. The van der Waals surface area contributed by atoms with E-state index in [4.69, 9.17) is 19.8 Å². The maximum absolute atomic E-state index is 11.6. The van der Waals surface area contributed by atoms with Gasteiger partial charge in [-0.3, -0.25) is 15.6 Å². The van der Waals surface area contributed by atoms with Gasteiger partial charge in [0.05, 0.1) is 0 Å². The van der Waals surface area contributed by atoms with E-state index in [9.17, 15) is 4.79 Å². The van der Waals surface area contributed by atoms with Crippen molar-refractivity contribution in [3.05, 3.63) is 35.4 Å². The number of carboxylic acid groups (broad SMARTS) is 2. The Labute approximate surface area is 128 Å². The highest BCUT2D eigenvalue weighted by atomic mass is 16.4. The van der Waals surface area contributed by atoms with Crippen LogP contribution in [0.4, 0.5) is 0 Å². The molecule has 0 spiro atoms. The zero-order chi connectivity index (χ0) is 17.1. The Balaban J connectivity index is 0.000000626. The van der Waals surface area contributed by atoms with Crippen molar-refractivity contribution >= 4 is 17.8 Å². The molecule has 0 bridgehead atoms. The fourth-order valence-electron chi connectivity index (χ4n) is 1.31. The maximum Gasteiger partial charge on any atom is 0.414 e. The summed E-state index contributed by atoms with van der Waals surface area (Å²) in [7, 11) is 1.82. The first-order valence-electron chi connectivity index (χ1n) is 6.53. The number of hydrogen-bond donors (Lipinski definition) is 5. The molecular weight excluding hydrogens is 290 g/mol. The topological polar surface area (TPSA) is 128 Å². The Hall–Kier alpha value is -2.45. The molecule has 22 heavy (non-hydrogen) atoms. The van der Waals surface area contributed by atoms with Crippen LogP contribution in [0.5, 0.6) is 0 Å². The van der Waals surface area contributed by atoms with Crippen LogP contribution in [0.3, 0.4) is 0 Å². The number of nitrogens with one attached hydrogen (secondary N) is 3. The van der Waals surface area contributed by atoms with Crippen LogP contribution in [0.1, 0.15) is 29.8 Å². The minimum Gasteiger partial charge on any atom is -0.473 e. The molecule has 0 unspecified atom stereocenters. The second-order valence-corrected chi connectivity index (χ2v) is 4.54. The fraction of sp³-hybridized carbons (Fsp3) is 0.357. The Bertz CT molecular complexity index is 488. The van der Waals surface area contributed by atoms with Crippen molar-refractivity contribution in [3.63, 3.8) is 0 Å². The average Bonchev–Trinajstić information content (AvgIpc) is 2.45. The number of amides is 1. The number of hydrazine groups is 1. The maximum atomic E-state index is 11.6. The Morgan fingerprint density at radius 1 is 1.05 bits per heavy atom. The second-order valence-electron chi connectivity index (χ2n) is 4.54. The lowest BCUT2D eigenvalue weighted by Crippen LogP contribution is -2.30. The van der Waals surface area contributed by atoms with E-state index in [1.165, 1.54) is 0 Å². The Morgan fingerprint density at radius 3 is 1.91 bits per heavy atom. The standard InChI is InChI=1S/C12H19N3O.C2H2O4/c1-9(2)15-12(16)11-6-4-10(5-7-11)8-14-13-3;3-1(4)2(5)6/h4-7,9,13-14H,8H2,1-3H3,(H,15,16);(H,3,4)(H,5,6). The lowest BCUT2D eigenvalue weighted by atomic mass is 10.1. The molecule has 0 atom stereocenters. The predicted molar refractivity (Wildman–Crippen MR) is 80.2 cm³/mol. The number of benzene rings is 1. The summed E-state index contributed by atoms with van der Waals surface area (Å²) in [5.41, 5.74) is 7.68. The van der Waals surface area contributed by atoms with Gasteiger partial charge < -0.3 is 15.5 Å². The van der Waals surface area contributed by atoms with Crippen molar-refractivity contribution in [1.82, 2.24) is 16.2 Å². The van der Waals surface area contributed by atoms with Crippen molar-refractivity contribution in [2.24, 2.45) is 0 Å². The normalized spacial score (nSPS) is 9.64. The molecule has 1 amide bonds. The van der Waals surface area contributed by atoms with Gasteiger partial charge in [0.25, 0.3) is 5.91 Å². The molecule has 8 nitrogen and oxygen atoms in total. The number of carbonyl (C=O) groups is 3. The first-order chi connectivity index (χ1) is 10.3. The van der Waals surface area contributed by atoms with E-state index in [0.717, 1.165) is 12.1 Å². The van der Waals surface area contributed by atoms with E-state index >= 15 is 0 Å². The molecule has 0 aromatic heterocycles. The summed E-state index contributed by atoms with van der Waals surface area (Å²) < 4.78 is 0. The Kier molecular flexibility index (Phi) is 9.15. The average molecular weight is 311 g/mol. The fourth-order valence-corrected chi connectivity index (χ4v) is 1.31. The quantitative estimate of drug-likeness (QED) is 0.388. The van der Waals surface area contributed by atoms with E-state index in [0.29, 0.717) is 5.56 Å². The van der Waals surface area contributed by atoms with E-state index in [1.54, 1.807) is 0 Å². The molecule has 1 rings (SSSR count). The largest absolute Gasteiger partial charge is 0.473 e. The lowest BCUT2D eigenvalue weighted by molar-refractivity contribution is -0.159. The van der Waals surface area contributed by atoms with Crippen LogP contribution in [-0.2, 0) is 16.1 Å². The van der Waals surface area contributed by atoms with Gasteiger partial charge in [0.2, 0.25) is 0 Å². The van der Waals surface area contributed by atoms with Crippen LogP contribution in [0.15, 0.2) is 24.3 Å². The molecule has 8 heteroatoms.